The molecular weight excluding hydrogens is 218 g/mol. The van der Waals surface area contributed by atoms with Gasteiger partial charge >= 0.3 is 11.9 Å². The number of esters is 1. The number of hydrogen-bond donors (Lipinski definition) is 3. The van der Waals surface area contributed by atoms with Gasteiger partial charge in [0.05, 0.1) is 6.61 Å². The Morgan fingerprint density at radius 3 is 2.56 bits per heavy atom. The van der Waals surface area contributed by atoms with Gasteiger partial charge < -0.3 is 14.9 Å². The fourth-order valence-electron chi connectivity index (χ4n) is 1.04. The maximum atomic E-state index is 11.3. The number of nitrogens with one attached hydrogen (secondary N) is 1. The second-order valence-corrected chi connectivity index (χ2v) is 2.80. The van der Waals surface area contributed by atoms with E-state index in [9.17, 15) is 19.5 Å². The first-order valence-electron chi connectivity index (χ1n) is 4.34. The molecule has 0 bridgehead atoms. The highest BCUT2D eigenvalue weighted by molar-refractivity contribution is 5.95. The molecule has 0 saturated heterocycles. The molecule has 16 heavy (non-hydrogen) atoms. The lowest BCUT2D eigenvalue weighted by molar-refractivity contribution is 0.0522. The van der Waals surface area contributed by atoms with E-state index in [-0.39, 0.29) is 12.2 Å². The summed E-state index contributed by atoms with van der Waals surface area (Å²) >= 11 is 0. The molecule has 1 aromatic heterocycles. The molecule has 0 aliphatic heterocycles. The first-order valence-corrected chi connectivity index (χ1v) is 4.34. The van der Waals surface area contributed by atoms with Gasteiger partial charge in [-0.3, -0.25) is 9.78 Å². The number of carbonyl (C=O) groups is 2. The maximum absolute atomic E-state index is 11.3. The molecule has 0 aromatic carbocycles. The van der Waals surface area contributed by atoms with Crippen molar-refractivity contribution >= 4 is 11.9 Å². The van der Waals surface area contributed by atoms with E-state index in [1.165, 1.54) is 0 Å². The molecular formula is C9H9NO6. The number of carboxylic acids is 1. The van der Waals surface area contributed by atoms with Crippen molar-refractivity contribution in [1.82, 2.24) is 4.98 Å². The lowest BCUT2D eigenvalue weighted by Crippen LogP contribution is -2.19. The standard InChI is InChI=1S/C9H9NO6/c1-2-16-9(15)5-3-4(8(13)14)6(11)10-7(5)12/h3H,2H2,1H3,(H,13,14)(H2,10,11,12). The quantitative estimate of drug-likeness (QED) is 0.623. The van der Waals surface area contributed by atoms with Crippen LogP contribution in [-0.4, -0.2) is 33.7 Å². The molecule has 0 fully saturated rings. The van der Waals surface area contributed by atoms with Crippen molar-refractivity contribution < 1.29 is 24.5 Å². The Kier molecular flexibility index (Phi) is 3.29. The van der Waals surface area contributed by atoms with Gasteiger partial charge in [0.15, 0.2) is 0 Å². The van der Waals surface area contributed by atoms with Crippen LogP contribution in [-0.2, 0) is 4.74 Å². The Bertz CT molecular complexity index is 489. The molecule has 86 valence electrons. The Morgan fingerprint density at radius 1 is 1.44 bits per heavy atom. The fraction of sp³-hybridized carbons (Fsp3) is 0.222. The van der Waals surface area contributed by atoms with Crippen LogP contribution in [0.5, 0.6) is 5.88 Å². The van der Waals surface area contributed by atoms with E-state index in [4.69, 9.17) is 5.11 Å². The lowest BCUT2D eigenvalue weighted by Gasteiger charge is -2.04. The van der Waals surface area contributed by atoms with Gasteiger partial charge in [0.25, 0.3) is 5.56 Å². The topological polar surface area (TPSA) is 117 Å². The number of rotatable bonds is 3. The summed E-state index contributed by atoms with van der Waals surface area (Å²) in [5.74, 6) is -3.11. The zero-order chi connectivity index (χ0) is 12.3. The molecule has 0 unspecified atom stereocenters. The third-order valence-corrected chi connectivity index (χ3v) is 1.75. The third-order valence-electron chi connectivity index (χ3n) is 1.75. The number of carboxylic acid groups (broad SMARTS) is 1. The number of H-pyrrole nitrogens is 1. The third kappa shape index (κ3) is 2.19. The minimum atomic E-state index is -1.49. The molecule has 3 N–H and O–H groups in total. The SMILES string of the molecule is CCOC(=O)c1cc(C(=O)O)c(=O)[nH]c1O. The number of aromatic nitrogens is 1. The monoisotopic (exact) mass is 227 g/mol. The molecule has 0 saturated carbocycles. The predicted octanol–water partition coefficient (Wildman–Crippen LogP) is -0.0446. The van der Waals surface area contributed by atoms with Gasteiger partial charge in [-0.2, -0.15) is 0 Å². The van der Waals surface area contributed by atoms with Gasteiger partial charge in [-0.25, -0.2) is 9.59 Å². The normalized spacial score (nSPS) is 9.81. The summed E-state index contributed by atoms with van der Waals surface area (Å²) in [7, 11) is 0. The Morgan fingerprint density at radius 2 is 2.06 bits per heavy atom. The molecule has 0 atom stereocenters. The molecule has 1 heterocycles. The number of pyridine rings is 1. The van der Waals surface area contributed by atoms with Crippen LogP contribution in [0.1, 0.15) is 27.6 Å². The van der Waals surface area contributed by atoms with Crippen molar-refractivity contribution in [3.05, 3.63) is 27.5 Å². The smallest absolute Gasteiger partial charge is 0.343 e. The molecule has 0 aliphatic rings. The molecule has 0 aliphatic carbocycles. The predicted molar refractivity (Wildman–Crippen MR) is 51.6 cm³/mol. The lowest BCUT2D eigenvalue weighted by atomic mass is 10.2. The largest absolute Gasteiger partial charge is 0.494 e. The van der Waals surface area contributed by atoms with Gasteiger partial charge in [-0.15, -0.1) is 0 Å². The first kappa shape index (κ1) is 11.8. The van der Waals surface area contributed by atoms with E-state index in [1.54, 1.807) is 6.92 Å². The maximum Gasteiger partial charge on any atom is 0.343 e. The highest BCUT2D eigenvalue weighted by atomic mass is 16.5. The minimum Gasteiger partial charge on any atom is -0.494 e. The molecule has 1 rings (SSSR count). The van der Waals surface area contributed by atoms with E-state index < -0.39 is 28.9 Å². The van der Waals surface area contributed by atoms with E-state index in [0.29, 0.717) is 0 Å². The number of carbonyl (C=O) groups excluding carboxylic acids is 1. The summed E-state index contributed by atoms with van der Waals surface area (Å²) in [5, 5.41) is 17.9. The van der Waals surface area contributed by atoms with Gasteiger partial charge in [-0.1, -0.05) is 0 Å². The van der Waals surface area contributed by atoms with E-state index in [2.05, 4.69) is 4.74 Å². The summed E-state index contributed by atoms with van der Waals surface area (Å²) in [6.45, 7) is 1.62. The summed E-state index contributed by atoms with van der Waals surface area (Å²) < 4.78 is 4.57. The van der Waals surface area contributed by atoms with Crippen molar-refractivity contribution in [2.75, 3.05) is 6.61 Å². The van der Waals surface area contributed by atoms with E-state index in [0.717, 1.165) is 6.07 Å². The van der Waals surface area contributed by atoms with Gasteiger partial charge in [0.2, 0.25) is 5.88 Å². The van der Waals surface area contributed by atoms with Crippen molar-refractivity contribution in [3.63, 3.8) is 0 Å². The Balaban J connectivity index is 3.30. The molecule has 0 radical (unpaired) electrons. The van der Waals surface area contributed by atoms with E-state index >= 15 is 0 Å². The van der Waals surface area contributed by atoms with Crippen molar-refractivity contribution in [2.45, 2.75) is 6.92 Å². The van der Waals surface area contributed by atoms with Crippen LogP contribution in [0.2, 0.25) is 0 Å². The molecule has 1 aromatic rings. The summed E-state index contributed by atoms with van der Waals surface area (Å²) in [4.78, 5) is 34.8. The Hall–Kier alpha value is -2.31. The number of ether oxygens (including phenoxy) is 1. The molecule has 0 amide bonds. The second kappa shape index (κ2) is 4.47. The van der Waals surface area contributed by atoms with Crippen LogP contribution < -0.4 is 5.56 Å². The Labute approximate surface area is 89.3 Å². The number of hydrogen-bond acceptors (Lipinski definition) is 5. The summed E-state index contributed by atoms with van der Waals surface area (Å²) in [6, 6.07) is 0.772. The van der Waals surface area contributed by atoms with Crippen LogP contribution in [0.25, 0.3) is 0 Å². The van der Waals surface area contributed by atoms with Crippen LogP contribution in [0.15, 0.2) is 10.9 Å². The number of aromatic hydroxyl groups is 1. The van der Waals surface area contributed by atoms with Crippen molar-refractivity contribution in [3.8, 4) is 5.88 Å². The molecule has 7 heteroatoms. The van der Waals surface area contributed by atoms with Gasteiger partial charge in [-0.05, 0) is 13.0 Å². The van der Waals surface area contributed by atoms with Crippen molar-refractivity contribution in [1.29, 1.82) is 0 Å². The number of aromatic carboxylic acids is 1. The average Bonchev–Trinajstić information content (AvgIpc) is 2.17. The highest BCUT2D eigenvalue weighted by Crippen LogP contribution is 2.13. The summed E-state index contributed by atoms with van der Waals surface area (Å²) in [6.07, 6.45) is 0. The van der Waals surface area contributed by atoms with E-state index in [1.807, 2.05) is 4.98 Å². The van der Waals surface area contributed by atoms with Crippen molar-refractivity contribution in [2.24, 2.45) is 0 Å². The van der Waals surface area contributed by atoms with Crippen LogP contribution in [0, 0.1) is 0 Å². The van der Waals surface area contributed by atoms with Crippen LogP contribution in [0.4, 0.5) is 0 Å². The highest BCUT2D eigenvalue weighted by Gasteiger charge is 2.18. The van der Waals surface area contributed by atoms with Crippen LogP contribution >= 0.6 is 0 Å². The minimum absolute atomic E-state index is 0.0693. The number of aromatic amines is 1. The van der Waals surface area contributed by atoms with Gasteiger partial charge in [0.1, 0.15) is 11.1 Å². The fourth-order valence-corrected chi connectivity index (χ4v) is 1.04. The second-order valence-electron chi connectivity index (χ2n) is 2.80. The molecule has 0 spiro atoms. The van der Waals surface area contributed by atoms with Crippen LogP contribution in [0.3, 0.4) is 0 Å². The molecule has 7 nitrogen and oxygen atoms in total. The zero-order valence-electron chi connectivity index (χ0n) is 8.31. The first-order chi connectivity index (χ1) is 7.47. The van der Waals surface area contributed by atoms with Gasteiger partial charge in [0, 0.05) is 0 Å². The zero-order valence-corrected chi connectivity index (χ0v) is 8.31. The summed E-state index contributed by atoms with van der Waals surface area (Å²) in [5.41, 5.74) is -2.02. The average molecular weight is 227 g/mol.